The maximum absolute atomic E-state index is 12.3. The first-order valence-corrected chi connectivity index (χ1v) is 11.3. The molecule has 178 valence electrons. The summed E-state index contributed by atoms with van der Waals surface area (Å²) in [5, 5.41) is 11.5. The van der Waals surface area contributed by atoms with E-state index < -0.39 is 12.1 Å². The average molecular weight is 470 g/mol. The van der Waals surface area contributed by atoms with Gasteiger partial charge in [0.25, 0.3) is 0 Å². The van der Waals surface area contributed by atoms with Crippen molar-refractivity contribution in [3.8, 4) is 5.75 Å². The van der Waals surface area contributed by atoms with Crippen LogP contribution in [0.4, 0.5) is 0 Å². The van der Waals surface area contributed by atoms with Gasteiger partial charge in [-0.25, -0.2) is 4.79 Å². The molecule has 0 bridgehead atoms. The molecular weight excluding hydrogens is 434 g/mol. The van der Waals surface area contributed by atoms with Gasteiger partial charge in [-0.2, -0.15) is 0 Å². The molecule has 0 aliphatic rings. The van der Waals surface area contributed by atoms with Crippen LogP contribution in [0, 0.1) is 0 Å². The maximum Gasteiger partial charge on any atom is 0.340 e. The number of fused-ring (bicyclic) bond motifs is 1. The van der Waals surface area contributed by atoms with Crippen LogP contribution in [-0.2, 0) is 4.74 Å². The molecule has 3 aromatic rings. The van der Waals surface area contributed by atoms with Crippen LogP contribution in [0.25, 0.3) is 10.9 Å². The number of unbranched alkanes of at least 4 members (excludes halogenated alkanes) is 1. The van der Waals surface area contributed by atoms with Crippen LogP contribution >= 0.6 is 12.8 Å². The average Bonchev–Trinajstić information content (AvgIpc) is 3.17. The van der Waals surface area contributed by atoms with Gasteiger partial charge in [0.2, 0.25) is 0 Å². The normalized spacial score (nSPS) is 11.1. The predicted octanol–water partition coefficient (Wildman–Crippen LogP) is 6.77. The van der Waals surface area contributed by atoms with Gasteiger partial charge in [0.05, 0.1) is 31.0 Å². The SMILES string of the molecule is C=CCC/C=C\C.CC.COC(=O)c1c(C(O)c2ccc(OC)cc2)n(S)c2ccccc12. The number of hydrogen-bond donors (Lipinski definition) is 2. The maximum atomic E-state index is 12.3. The first-order valence-electron chi connectivity index (χ1n) is 10.9. The number of hydrogen-bond acceptors (Lipinski definition) is 5. The number of para-hydroxylation sites is 1. The number of methoxy groups -OCH3 is 2. The highest BCUT2D eigenvalue weighted by Gasteiger charge is 2.27. The molecule has 0 spiro atoms. The van der Waals surface area contributed by atoms with Gasteiger partial charge < -0.3 is 14.6 Å². The molecule has 0 saturated carbocycles. The van der Waals surface area contributed by atoms with Gasteiger partial charge in [-0.15, -0.1) is 6.58 Å². The number of ether oxygens (including phenoxy) is 2. The lowest BCUT2D eigenvalue weighted by Crippen LogP contribution is -2.11. The summed E-state index contributed by atoms with van der Waals surface area (Å²) in [5.41, 5.74) is 2.03. The molecule has 1 atom stereocenters. The lowest BCUT2D eigenvalue weighted by molar-refractivity contribution is 0.0597. The fourth-order valence-electron chi connectivity index (χ4n) is 3.14. The third-order valence-electron chi connectivity index (χ3n) is 4.74. The highest BCUT2D eigenvalue weighted by atomic mass is 32.1. The minimum absolute atomic E-state index is 0.311. The highest BCUT2D eigenvalue weighted by Crippen LogP contribution is 2.35. The monoisotopic (exact) mass is 469 g/mol. The number of aliphatic hydroxyl groups is 1. The summed E-state index contributed by atoms with van der Waals surface area (Å²) < 4.78 is 11.6. The lowest BCUT2D eigenvalue weighted by Gasteiger charge is -2.14. The second-order valence-electron chi connectivity index (χ2n) is 6.69. The smallest absolute Gasteiger partial charge is 0.340 e. The summed E-state index contributed by atoms with van der Waals surface area (Å²) in [6.07, 6.45) is 7.34. The van der Waals surface area contributed by atoms with E-state index in [4.69, 9.17) is 9.47 Å². The van der Waals surface area contributed by atoms with Gasteiger partial charge >= 0.3 is 5.97 Å². The number of rotatable bonds is 7. The number of carbonyl (C=O) groups excluding carboxylic acids is 1. The predicted molar refractivity (Wildman–Crippen MR) is 140 cm³/mol. The van der Waals surface area contributed by atoms with E-state index in [0.717, 1.165) is 18.4 Å². The van der Waals surface area contributed by atoms with E-state index in [1.807, 2.05) is 45.0 Å². The Kier molecular flexibility index (Phi) is 12.7. The highest BCUT2D eigenvalue weighted by molar-refractivity contribution is 7.78. The number of esters is 1. The minimum atomic E-state index is -1.03. The van der Waals surface area contributed by atoms with Gasteiger partial charge in [-0.1, -0.05) is 75.2 Å². The van der Waals surface area contributed by atoms with Crippen LogP contribution in [0.1, 0.15) is 61.3 Å². The van der Waals surface area contributed by atoms with Crippen molar-refractivity contribution < 1.29 is 19.4 Å². The minimum Gasteiger partial charge on any atom is -0.497 e. The number of carbonyl (C=O) groups is 1. The van der Waals surface area contributed by atoms with Gasteiger partial charge in [0.1, 0.15) is 11.9 Å². The van der Waals surface area contributed by atoms with Crippen molar-refractivity contribution >= 4 is 29.7 Å². The molecule has 0 radical (unpaired) electrons. The summed E-state index contributed by atoms with van der Waals surface area (Å²) >= 11 is 4.47. The Morgan fingerprint density at radius 2 is 1.76 bits per heavy atom. The van der Waals surface area contributed by atoms with Crippen molar-refractivity contribution in [3.63, 3.8) is 0 Å². The van der Waals surface area contributed by atoms with E-state index >= 15 is 0 Å². The molecule has 0 amide bonds. The number of benzene rings is 2. The van der Waals surface area contributed by atoms with Crippen molar-refractivity contribution in [1.82, 2.24) is 3.97 Å². The number of thiol groups is 1. The molecule has 1 unspecified atom stereocenters. The van der Waals surface area contributed by atoms with Gasteiger partial charge in [0, 0.05) is 5.39 Å². The van der Waals surface area contributed by atoms with Crippen LogP contribution < -0.4 is 4.74 Å². The number of nitrogens with zero attached hydrogens (tertiary/aromatic N) is 1. The third-order valence-corrected chi connectivity index (χ3v) is 5.17. The Bertz CT molecular complexity index is 1040. The molecule has 33 heavy (non-hydrogen) atoms. The zero-order valence-electron chi connectivity index (χ0n) is 20.1. The van der Waals surface area contributed by atoms with Crippen LogP contribution in [0.5, 0.6) is 5.75 Å². The lowest BCUT2D eigenvalue weighted by atomic mass is 10.0. The molecule has 1 heterocycles. The van der Waals surface area contributed by atoms with Crippen molar-refractivity contribution in [3.05, 3.63) is 90.2 Å². The summed E-state index contributed by atoms with van der Waals surface area (Å²) in [5.74, 6) is 0.173. The van der Waals surface area contributed by atoms with E-state index in [1.54, 1.807) is 37.4 Å². The molecule has 0 saturated heterocycles. The fraction of sp³-hybridized carbons (Fsp3) is 0.296. The van der Waals surface area contributed by atoms with Gasteiger partial charge in [0.15, 0.2) is 0 Å². The van der Waals surface area contributed by atoms with Crippen LogP contribution in [0.3, 0.4) is 0 Å². The van der Waals surface area contributed by atoms with Crippen molar-refractivity contribution in [2.75, 3.05) is 14.2 Å². The second kappa shape index (κ2) is 15.0. The van der Waals surface area contributed by atoms with Crippen molar-refractivity contribution in [1.29, 1.82) is 0 Å². The van der Waals surface area contributed by atoms with E-state index in [9.17, 15) is 9.90 Å². The number of aliphatic hydroxyl groups excluding tert-OH is 1. The Hall–Kier alpha value is -2.96. The summed E-state index contributed by atoms with van der Waals surface area (Å²) in [4.78, 5) is 12.3. The molecule has 0 aliphatic heterocycles. The zero-order valence-corrected chi connectivity index (χ0v) is 21.0. The zero-order chi connectivity index (χ0) is 24.8. The van der Waals surface area contributed by atoms with Crippen molar-refractivity contribution in [2.24, 2.45) is 0 Å². The van der Waals surface area contributed by atoms with E-state index in [0.29, 0.717) is 28.0 Å². The second-order valence-corrected chi connectivity index (χ2v) is 7.09. The molecule has 6 heteroatoms. The summed E-state index contributed by atoms with van der Waals surface area (Å²) in [6, 6.07) is 14.3. The Morgan fingerprint density at radius 1 is 1.12 bits per heavy atom. The standard InChI is InChI=1S/C18H17NO4S.C7H12.C2H6/c1-22-12-9-7-11(8-10-12)17(20)16-15(18(21)23-2)13-5-3-4-6-14(13)19(16)24;1-3-5-7-6-4-2;1-2/h3-10,17,20,24H,1-2H3;3-4,6H,1,5,7H2,2H3;1-2H3/b;6-4-;. The number of allylic oxidation sites excluding steroid dienone is 3. The van der Waals surface area contributed by atoms with Gasteiger partial charge in [-0.05, 0) is 43.5 Å². The molecule has 1 N–H and O–H groups in total. The fourth-order valence-corrected chi connectivity index (χ4v) is 3.52. The van der Waals surface area contributed by atoms with E-state index in [1.165, 1.54) is 11.1 Å². The molecule has 5 nitrogen and oxygen atoms in total. The Labute approximate surface area is 202 Å². The quantitative estimate of drug-likeness (QED) is 0.174. The first-order chi connectivity index (χ1) is 16.0. The first kappa shape index (κ1) is 28.1. The molecule has 0 aliphatic carbocycles. The molecule has 2 aromatic carbocycles. The Balaban J connectivity index is 0.000000520. The topological polar surface area (TPSA) is 60.7 Å². The summed E-state index contributed by atoms with van der Waals surface area (Å²) in [7, 11) is 2.89. The van der Waals surface area contributed by atoms with Crippen LogP contribution in [0.2, 0.25) is 0 Å². The molecular formula is C27H35NO4S. The summed E-state index contributed by atoms with van der Waals surface area (Å²) in [6.45, 7) is 9.63. The van der Waals surface area contributed by atoms with E-state index in [2.05, 4.69) is 31.5 Å². The van der Waals surface area contributed by atoms with E-state index in [-0.39, 0.29) is 0 Å². The Morgan fingerprint density at radius 3 is 2.30 bits per heavy atom. The molecule has 3 rings (SSSR count). The third kappa shape index (κ3) is 7.27. The van der Waals surface area contributed by atoms with Crippen molar-refractivity contribution in [2.45, 2.75) is 39.7 Å². The number of aromatic nitrogens is 1. The van der Waals surface area contributed by atoms with Crippen LogP contribution in [-0.4, -0.2) is 29.3 Å². The van der Waals surface area contributed by atoms with Gasteiger partial charge in [-0.3, -0.25) is 3.97 Å². The molecule has 1 aromatic heterocycles. The van der Waals surface area contributed by atoms with Crippen LogP contribution in [0.15, 0.2) is 73.3 Å². The molecule has 0 fully saturated rings. The largest absolute Gasteiger partial charge is 0.497 e.